The van der Waals surface area contributed by atoms with Crippen molar-refractivity contribution in [1.82, 2.24) is 5.32 Å². The number of nitrogens with zero attached hydrogens (tertiary/aromatic N) is 1. The number of rotatable bonds is 2. The van der Waals surface area contributed by atoms with Crippen LogP contribution in [0.5, 0.6) is 0 Å². The van der Waals surface area contributed by atoms with E-state index in [0.717, 1.165) is 12.4 Å². The van der Waals surface area contributed by atoms with Crippen LogP contribution >= 0.6 is 0 Å². The van der Waals surface area contributed by atoms with Crippen LogP contribution in [0, 0.1) is 0 Å². The van der Waals surface area contributed by atoms with Gasteiger partial charge in [-0.2, -0.15) is 0 Å². The van der Waals surface area contributed by atoms with Crippen molar-refractivity contribution >= 4 is 5.84 Å². The molecule has 0 aromatic carbocycles. The largest absolute Gasteiger partial charge is 0.374 e. The van der Waals surface area contributed by atoms with E-state index in [2.05, 4.69) is 31.1 Å². The lowest BCUT2D eigenvalue weighted by molar-refractivity contribution is 0.815. The average molecular weight is 128 g/mol. The third-order valence-electron chi connectivity index (χ3n) is 0.884. The molecule has 0 amide bonds. The zero-order valence-electron chi connectivity index (χ0n) is 6.73. The van der Waals surface area contributed by atoms with Crippen LogP contribution in [0.4, 0.5) is 0 Å². The van der Waals surface area contributed by atoms with E-state index in [9.17, 15) is 0 Å². The van der Waals surface area contributed by atoms with Crippen molar-refractivity contribution in [2.45, 2.75) is 33.7 Å². The summed E-state index contributed by atoms with van der Waals surface area (Å²) >= 11 is 0. The molecule has 9 heavy (non-hydrogen) atoms. The maximum atomic E-state index is 4.27. The Balaban J connectivity index is 3.55. The van der Waals surface area contributed by atoms with Crippen LogP contribution in [0.3, 0.4) is 0 Å². The second kappa shape index (κ2) is 4.36. The Morgan fingerprint density at radius 3 is 2.44 bits per heavy atom. The number of hydrogen-bond donors (Lipinski definition) is 1. The third kappa shape index (κ3) is 5.34. The maximum absolute atomic E-state index is 4.27. The summed E-state index contributed by atoms with van der Waals surface area (Å²) in [5.74, 6) is 1.03. The first-order valence-electron chi connectivity index (χ1n) is 3.45. The van der Waals surface area contributed by atoms with Crippen molar-refractivity contribution in [3.05, 3.63) is 0 Å². The monoisotopic (exact) mass is 128 g/mol. The molecule has 0 saturated carbocycles. The smallest absolute Gasteiger partial charge is 0.0934 e. The zero-order chi connectivity index (χ0) is 7.28. The van der Waals surface area contributed by atoms with Crippen molar-refractivity contribution in [3.8, 4) is 0 Å². The van der Waals surface area contributed by atoms with Crippen molar-refractivity contribution < 1.29 is 0 Å². The van der Waals surface area contributed by atoms with Crippen molar-refractivity contribution in [2.75, 3.05) is 6.54 Å². The fourth-order valence-electron chi connectivity index (χ4n) is 0.689. The molecule has 0 radical (unpaired) electrons. The first-order valence-corrected chi connectivity index (χ1v) is 3.45. The third-order valence-corrected chi connectivity index (χ3v) is 0.884. The minimum atomic E-state index is 0.407. The highest BCUT2D eigenvalue weighted by Crippen LogP contribution is 1.84. The SMILES string of the molecule is CCN/C(C)=N/C(C)C. The van der Waals surface area contributed by atoms with Crippen LogP contribution in [-0.4, -0.2) is 18.4 Å². The van der Waals surface area contributed by atoms with Crippen molar-refractivity contribution in [2.24, 2.45) is 4.99 Å². The number of nitrogens with one attached hydrogen (secondary N) is 1. The van der Waals surface area contributed by atoms with E-state index in [-0.39, 0.29) is 0 Å². The van der Waals surface area contributed by atoms with E-state index < -0.39 is 0 Å². The zero-order valence-corrected chi connectivity index (χ0v) is 6.73. The van der Waals surface area contributed by atoms with Gasteiger partial charge in [0.2, 0.25) is 0 Å². The standard InChI is InChI=1S/C7H16N2/c1-5-8-7(4)9-6(2)3/h6H,5H2,1-4H3,(H,8,9). The van der Waals surface area contributed by atoms with Gasteiger partial charge in [0.25, 0.3) is 0 Å². The van der Waals surface area contributed by atoms with E-state index in [1.165, 1.54) is 0 Å². The van der Waals surface area contributed by atoms with Crippen LogP contribution in [0.15, 0.2) is 4.99 Å². The molecule has 54 valence electrons. The Morgan fingerprint density at radius 2 is 2.11 bits per heavy atom. The van der Waals surface area contributed by atoms with Gasteiger partial charge in [0.1, 0.15) is 0 Å². The second-order valence-electron chi connectivity index (χ2n) is 2.34. The topological polar surface area (TPSA) is 24.4 Å². The predicted octanol–water partition coefficient (Wildman–Crippen LogP) is 1.42. The Morgan fingerprint density at radius 1 is 1.56 bits per heavy atom. The highest BCUT2D eigenvalue weighted by molar-refractivity contribution is 5.79. The number of amidine groups is 1. The molecule has 0 unspecified atom stereocenters. The molecule has 0 heterocycles. The molecule has 0 aromatic rings. The summed E-state index contributed by atoms with van der Waals surface area (Å²) in [7, 11) is 0. The predicted molar refractivity (Wildman–Crippen MR) is 41.9 cm³/mol. The molecule has 0 saturated heterocycles. The first-order chi connectivity index (χ1) is 4.16. The van der Waals surface area contributed by atoms with Crippen molar-refractivity contribution in [1.29, 1.82) is 0 Å². The Bertz CT molecular complexity index is 95.1. The summed E-state index contributed by atoms with van der Waals surface area (Å²) in [4.78, 5) is 4.27. The van der Waals surface area contributed by atoms with Crippen LogP contribution < -0.4 is 5.32 Å². The molecule has 2 heteroatoms. The maximum Gasteiger partial charge on any atom is 0.0934 e. The van der Waals surface area contributed by atoms with Gasteiger partial charge < -0.3 is 5.32 Å². The van der Waals surface area contributed by atoms with E-state index in [4.69, 9.17) is 0 Å². The summed E-state index contributed by atoms with van der Waals surface area (Å²) in [6.07, 6.45) is 0. The van der Waals surface area contributed by atoms with Gasteiger partial charge >= 0.3 is 0 Å². The molecular weight excluding hydrogens is 112 g/mol. The molecule has 0 bridgehead atoms. The van der Waals surface area contributed by atoms with Crippen LogP contribution in [0.25, 0.3) is 0 Å². The Kier molecular flexibility index (Phi) is 4.10. The average Bonchev–Trinajstić information content (AvgIpc) is 1.63. The number of aliphatic imine (C=N–C) groups is 1. The highest BCUT2D eigenvalue weighted by Gasteiger charge is 1.88. The Hall–Kier alpha value is -0.530. The molecule has 0 aliphatic carbocycles. The Labute approximate surface area is 57.4 Å². The quantitative estimate of drug-likeness (QED) is 0.441. The lowest BCUT2D eigenvalue weighted by atomic mass is 10.4. The van der Waals surface area contributed by atoms with Gasteiger partial charge in [-0.25, -0.2) is 0 Å². The molecular formula is C7H16N2. The highest BCUT2D eigenvalue weighted by atomic mass is 15.0. The van der Waals surface area contributed by atoms with Gasteiger partial charge in [0.15, 0.2) is 0 Å². The summed E-state index contributed by atoms with van der Waals surface area (Å²) in [6.45, 7) is 9.16. The minimum Gasteiger partial charge on any atom is -0.374 e. The molecule has 0 fully saturated rings. The molecule has 1 N–H and O–H groups in total. The summed E-state index contributed by atoms with van der Waals surface area (Å²) in [5.41, 5.74) is 0. The van der Waals surface area contributed by atoms with E-state index in [1.54, 1.807) is 0 Å². The molecule has 0 spiro atoms. The molecule has 0 aliphatic rings. The fourth-order valence-corrected chi connectivity index (χ4v) is 0.689. The second-order valence-corrected chi connectivity index (χ2v) is 2.34. The van der Waals surface area contributed by atoms with Gasteiger partial charge in [-0.3, -0.25) is 4.99 Å². The van der Waals surface area contributed by atoms with Crippen LogP contribution in [0.2, 0.25) is 0 Å². The van der Waals surface area contributed by atoms with Gasteiger partial charge in [-0.15, -0.1) is 0 Å². The summed E-state index contributed by atoms with van der Waals surface area (Å²) < 4.78 is 0. The molecule has 2 nitrogen and oxygen atoms in total. The normalized spacial score (nSPS) is 12.3. The minimum absolute atomic E-state index is 0.407. The van der Waals surface area contributed by atoms with Crippen LogP contribution in [0.1, 0.15) is 27.7 Å². The first kappa shape index (κ1) is 8.47. The van der Waals surface area contributed by atoms with Gasteiger partial charge in [-0.05, 0) is 27.7 Å². The molecule has 0 rings (SSSR count). The lowest BCUT2D eigenvalue weighted by Gasteiger charge is -2.02. The summed E-state index contributed by atoms with van der Waals surface area (Å²) in [5, 5.41) is 3.13. The van der Waals surface area contributed by atoms with Gasteiger partial charge in [0, 0.05) is 12.6 Å². The summed E-state index contributed by atoms with van der Waals surface area (Å²) in [6, 6.07) is 0.407. The van der Waals surface area contributed by atoms with Gasteiger partial charge in [-0.1, -0.05) is 0 Å². The fraction of sp³-hybridized carbons (Fsp3) is 0.857. The van der Waals surface area contributed by atoms with Crippen molar-refractivity contribution in [3.63, 3.8) is 0 Å². The van der Waals surface area contributed by atoms with Crippen LogP contribution in [-0.2, 0) is 0 Å². The molecule has 0 atom stereocenters. The lowest BCUT2D eigenvalue weighted by Crippen LogP contribution is -2.20. The molecule has 0 aromatic heterocycles. The van der Waals surface area contributed by atoms with Gasteiger partial charge in [0.05, 0.1) is 5.84 Å². The number of hydrogen-bond acceptors (Lipinski definition) is 1. The van der Waals surface area contributed by atoms with E-state index in [1.807, 2.05) is 6.92 Å². The molecule has 0 aliphatic heterocycles. The van der Waals surface area contributed by atoms with E-state index in [0.29, 0.717) is 6.04 Å². The van der Waals surface area contributed by atoms with E-state index >= 15 is 0 Å².